The number of benzene rings is 1. The molecule has 1 aromatic carbocycles. The highest BCUT2D eigenvalue weighted by atomic mass is 32.2. The highest BCUT2D eigenvalue weighted by Crippen LogP contribution is 2.29. The van der Waals surface area contributed by atoms with Crippen LogP contribution in [-0.2, 0) is 10.0 Å². The van der Waals surface area contributed by atoms with Crippen LogP contribution in [-0.4, -0.2) is 24.8 Å². The lowest BCUT2D eigenvalue weighted by molar-refractivity contribution is 0.204. The summed E-state index contributed by atoms with van der Waals surface area (Å²) in [7, 11) is -3.34. The molecule has 1 fully saturated rings. The minimum Gasteiger partial charge on any atom is -0.207 e. The number of nitrogens with zero attached hydrogens (tertiary/aromatic N) is 1. The molecular formula is C14H21NO2S. The molecule has 0 N–H and O–H groups in total. The van der Waals surface area contributed by atoms with Gasteiger partial charge in [-0.25, -0.2) is 8.42 Å². The van der Waals surface area contributed by atoms with Crippen LogP contribution in [0, 0.1) is 6.92 Å². The molecular weight excluding hydrogens is 246 g/mol. The lowest BCUT2D eigenvalue weighted by Gasteiger charge is -2.37. The predicted octanol–water partition coefficient (Wildman–Crippen LogP) is 2.95. The zero-order valence-corrected chi connectivity index (χ0v) is 12.1. The van der Waals surface area contributed by atoms with Crippen LogP contribution in [0.1, 0.15) is 38.7 Å². The van der Waals surface area contributed by atoms with Gasteiger partial charge in [0.05, 0.1) is 4.90 Å². The van der Waals surface area contributed by atoms with Gasteiger partial charge in [0.2, 0.25) is 10.0 Å². The Morgan fingerprint density at radius 1 is 1.06 bits per heavy atom. The van der Waals surface area contributed by atoms with E-state index < -0.39 is 10.0 Å². The highest BCUT2D eigenvalue weighted by Gasteiger charge is 2.35. The van der Waals surface area contributed by atoms with Crippen molar-refractivity contribution in [2.24, 2.45) is 0 Å². The van der Waals surface area contributed by atoms with E-state index >= 15 is 0 Å². The minimum absolute atomic E-state index is 0.0973. The maximum Gasteiger partial charge on any atom is 0.243 e. The van der Waals surface area contributed by atoms with Gasteiger partial charge in [-0.2, -0.15) is 4.31 Å². The normalized spacial score (nSPS) is 26.2. The van der Waals surface area contributed by atoms with Crippen molar-refractivity contribution >= 4 is 10.0 Å². The van der Waals surface area contributed by atoms with Crippen LogP contribution in [0.25, 0.3) is 0 Å². The summed E-state index contributed by atoms with van der Waals surface area (Å²) in [5.41, 5.74) is 1.08. The quantitative estimate of drug-likeness (QED) is 0.826. The molecule has 100 valence electrons. The largest absolute Gasteiger partial charge is 0.243 e. The van der Waals surface area contributed by atoms with E-state index in [9.17, 15) is 8.42 Å². The van der Waals surface area contributed by atoms with E-state index in [4.69, 9.17) is 0 Å². The predicted molar refractivity (Wildman–Crippen MR) is 73.0 cm³/mol. The maximum atomic E-state index is 12.6. The summed E-state index contributed by atoms with van der Waals surface area (Å²) >= 11 is 0. The zero-order chi connectivity index (χ0) is 13.3. The summed E-state index contributed by atoms with van der Waals surface area (Å²) in [4.78, 5) is 0.411. The molecule has 0 amide bonds. The topological polar surface area (TPSA) is 37.4 Å². The summed E-state index contributed by atoms with van der Waals surface area (Å²) in [6.45, 7) is 5.96. The molecule has 0 spiro atoms. The molecule has 3 nitrogen and oxygen atoms in total. The second kappa shape index (κ2) is 5.02. The van der Waals surface area contributed by atoms with Crippen molar-refractivity contribution in [3.05, 3.63) is 29.8 Å². The molecule has 0 aliphatic carbocycles. The molecule has 2 atom stereocenters. The first-order chi connectivity index (χ1) is 8.43. The molecule has 1 saturated heterocycles. The summed E-state index contributed by atoms with van der Waals surface area (Å²) in [5, 5.41) is 0. The van der Waals surface area contributed by atoms with Gasteiger partial charge >= 0.3 is 0 Å². The van der Waals surface area contributed by atoms with Crippen molar-refractivity contribution in [2.45, 2.75) is 57.0 Å². The van der Waals surface area contributed by atoms with E-state index in [1.54, 1.807) is 16.4 Å². The smallest absolute Gasteiger partial charge is 0.207 e. The van der Waals surface area contributed by atoms with Gasteiger partial charge in [-0.3, -0.25) is 0 Å². The standard InChI is InChI=1S/C14H21NO2S/c1-11-7-9-14(10-8-11)18(16,17)15-12(2)5-4-6-13(15)3/h7-10,12-13H,4-6H2,1-3H3/t12-,13-/m0/s1. The molecule has 2 rings (SSSR count). The summed E-state index contributed by atoms with van der Waals surface area (Å²) in [5.74, 6) is 0. The number of hydrogen-bond donors (Lipinski definition) is 0. The maximum absolute atomic E-state index is 12.6. The third kappa shape index (κ3) is 2.45. The average molecular weight is 267 g/mol. The fourth-order valence-electron chi connectivity index (χ4n) is 2.70. The second-order valence-corrected chi connectivity index (χ2v) is 7.12. The van der Waals surface area contributed by atoms with Crippen molar-refractivity contribution in [1.82, 2.24) is 4.31 Å². The average Bonchev–Trinajstić information content (AvgIpc) is 2.29. The van der Waals surface area contributed by atoms with Gasteiger partial charge in [-0.1, -0.05) is 24.1 Å². The van der Waals surface area contributed by atoms with Gasteiger partial charge in [-0.05, 0) is 45.7 Å². The Morgan fingerprint density at radius 2 is 1.56 bits per heavy atom. The van der Waals surface area contributed by atoms with Crippen LogP contribution in [0.15, 0.2) is 29.2 Å². The zero-order valence-electron chi connectivity index (χ0n) is 11.3. The molecule has 4 heteroatoms. The molecule has 0 unspecified atom stereocenters. The Hall–Kier alpha value is -0.870. The van der Waals surface area contributed by atoms with E-state index in [1.807, 2.05) is 32.9 Å². The first-order valence-corrected chi connectivity index (χ1v) is 7.97. The van der Waals surface area contributed by atoms with E-state index in [1.165, 1.54) is 0 Å². The Kier molecular flexibility index (Phi) is 3.78. The molecule has 1 aliphatic heterocycles. The van der Waals surface area contributed by atoms with Crippen LogP contribution in [0.2, 0.25) is 0 Å². The summed E-state index contributed by atoms with van der Waals surface area (Å²) in [6, 6.07) is 7.32. The molecule has 0 bridgehead atoms. The molecule has 0 radical (unpaired) electrons. The molecule has 1 aliphatic rings. The van der Waals surface area contributed by atoms with E-state index in [2.05, 4.69) is 0 Å². The van der Waals surface area contributed by atoms with Crippen LogP contribution in [0.4, 0.5) is 0 Å². The Bertz CT molecular complexity index is 497. The third-order valence-corrected chi connectivity index (χ3v) is 5.85. The Balaban J connectivity index is 2.38. The van der Waals surface area contributed by atoms with Crippen LogP contribution >= 0.6 is 0 Å². The third-order valence-electron chi connectivity index (χ3n) is 3.71. The summed E-state index contributed by atoms with van der Waals surface area (Å²) < 4.78 is 27.0. The molecule has 1 heterocycles. The van der Waals surface area contributed by atoms with E-state index in [-0.39, 0.29) is 12.1 Å². The summed E-state index contributed by atoms with van der Waals surface area (Å²) in [6.07, 6.45) is 3.02. The van der Waals surface area contributed by atoms with Gasteiger partial charge in [-0.15, -0.1) is 0 Å². The van der Waals surface area contributed by atoms with Crippen molar-refractivity contribution < 1.29 is 8.42 Å². The van der Waals surface area contributed by atoms with Crippen LogP contribution in [0.5, 0.6) is 0 Å². The molecule has 0 aromatic heterocycles. The molecule has 0 saturated carbocycles. The number of sulfonamides is 1. The highest BCUT2D eigenvalue weighted by molar-refractivity contribution is 7.89. The van der Waals surface area contributed by atoms with Crippen LogP contribution < -0.4 is 0 Å². The minimum atomic E-state index is -3.34. The van der Waals surface area contributed by atoms with E-state index in [0.29, 0.717) is 4.90 Å². The first kappa shape index (κ1) is 13.6. The van der Waals surface area contributed by atoms with Crippen molar-refractivity contribution in [3.8, 4) is 0 Å². The van der Waals surface area contributed by atoms with Crippen LogP contribution in [0.3, 0.4) is 0 Å². The fourth-order valence-corrected chi connectivity index (χ4v) is 4.59. The van der Waals surface area contributed by atoms with E-state index in [0.717, 1.165) is 24.8 Å². The number of hydrogen-bond acceptors (Lipinski definition) is 2. The monoisotopic (exact) mass is 267 g/mol. The van der Waals surface area contributed by atoms with Gasteiger partial charge < -0.3 is 0 Å². The Morgan fingerprint density at radius 3 is 2.06 bits per heavy atom. The van der Waals surface area contributed by atoms with Gasteiger partial charge in [0, 0.05) is 12.1 Å². The first-order valence-electron chi connectivity index (χ1n) is 6.53. The van der Waals surface area contributed by atoms with Crippen molar-refractivity contribution in [3.63, 3.8) is 0 Å². The van der Waals surface area contributed by atoms with Crippen molar-refractivity contribution in [1.29, 1.82) is 0 Å². The Labute approximate surface area is 110 Å². The fraction of sp³-hybridized carbons (Fsp3) is 0.571. The number of piperidine rings is 1. The number of rotatable bonds is 2. The second-order valence-electron chi connectivity index (χ2n) is 5.28. The number of aryl methyl sites for hydroxylation is 1. The van der Waals surface area contributed by atoms with Crippen molar-refractivity contribution in [2.75, 3.05) is 0 Å². The SMILES string of the molecule is Cc1ccc(S(=O)(=O)N2[C@@H](C)CCC[C@@H]2C)cc1. The van der Waals surface area contributed by atoms with Gasteiger partial charge in [0.1, 0.15) is 0 Å². The van der Waals surface area contributed by atoms with Gasteiger partial charge in [0.15, 0.2) is 0 Å². The lowest BCUT2D eigenvalue weighted by atomic mass is 10.0. The lowest BCUT2D eigenvalue weighted by Crippen LogP contribution is -2.47. The van der Waals surface area contributed by atoms with Gasteiger partial charge in [0.25, 0.3) is 0 Å². The molecule has 1 aromatic rings. The molecule has 18 heavy (non-hydrogen) atoms.